The summed E-state index contributed by atoms with van der Waals surface area (Å²) in [5.41, 5.74) is -0.265. The van der Waals surface area contributed by atoms with Crippen LogP contribution in [0.3, 0.4) is 0 Å². The number of amides is 1. The van der Waals surface area contributed by atoms with Gasteiger partial charge in [-0.05, 0) is 42.8 Å². The maximum atomic E-state index is 12.6. The molecule has 1 fully saturated rings. The number of nitrogens with zero attached hydrogens (tertiary/aromatic N) is 2. The molecule has 1 aliphatic heterocycles. The van der Waals surface area contributed by atoms with Crippen molar-refractivity contribution in [2.75, 3.05) is 18.0 Å². The lowest BCUT2D eigenvalue weighted by molar-refractivity contribution is -0.137. The van der Waals surface area contributed by atoms with E-state index in [9.17, 15) is 18.0 Å². The second-order valence-corrected chi connectivity index (χ2v) is 6.25. The number of hydrogen-bond donors (Lipinski definition) is 1. The van der Waals surface area contributed by atoms with Gasteiger partial charge < -0.3 is 10.2 Å². The Morgan fingerprint density at radius 1 is 1.20 bits per heavy atom. The van der Waals surface area contributed by atoms with Crippen molar-refractivity contribution >= 4 is 23.3 Å². The molecule has 1 saturated heterocycles. The number of nitrogens with one attached hydrogen (secondary N) is 1. The van der Waals surface area contributed by atoms with Gasteiger partial charge in [0.05, 0.1) is 5.56 Å². The van der Waals surface area contributed by atoms with E-state index in [0.29, 0.717) is 35.9 Å². The van der Waals surface area contributed by atoms with E-state index in [0.717, 1.165) is 12.3 Å². The molecule has 1 amide bonds. The maximum absolute atomic E-state index is 12.6. The largest absolute Gasteiger partial charge is 0.417 e. The van der Waals surface area contributed by atoms with Gasteiger partial charge in [0, 0.05) is 35.9 Å². The molecule has 1 unspecified atom stereocenters. The monoisotopic (exact) mass is 369 g/mol. The summed E-state index contributed by atoms with van der Waals surface area (Å²) in [6.45, 7) is 1.11. The van der Waals surface area contributed by atoms with Gasteiger partial charge in [-0.25, -0.2) is 4.98 Å². The number of benzene rings is 1. The molecule has 2 aromatic rings. The Morgan fingerprint density at radius 3 is 2.52 bits per heavy atom. The predicted molar refractivity (Wildman–Crippen MR) is 88.8 cm³/mol. The highest BCUT2D eigenvalue weighted by Gasteiger charge is 2.31. The fourth-order valence-corrected chi connectivity index (χ4v) is 2.82. The van der Waals surface area contributed by atoms with Crippen molar-refractivity contribution in [1.29, 1.82) is 0 Å². The first-order chi connectivity index (χ1) is 11.8. The quantitative estimate of drug-likeness (QED) is 0.896. The van der Waals surface area contributed by atoms with Crippen molar-refractivity contribution in [3.63, 3.8) is 0 Å². The van der Waals surface area contributed by atoms with Crippen LogP contribution in [0.25, 0.3) is 0 Å². The van der Waals surface area contributed by atoms with Gasteiger partial charge >= 0.3 is 6.18 Å². The van der Waals surface area contributed by atoms with E-state index in [1.54, 1.807) is 24.3 Å². The Labute approximate surface area is 147 Å². The zero-order valence-corrected chi connectivity index (χ0v) is 13.8. The average Bonchev–Trinajstić information content (AvgIpc) is 3.03. The molecule has 2 heterocycles. The molecule has 1 atom stereocenters. The number of carbonyl (C=O) groups is 1. The third-order valence-electron chi connectivity index (χ3n) is 4.03. The van der Waals surface area contributed by atoms with Crippen molar-refractivity contribution in [2.24, 2.45) is 0 Å². The van der Waals surface area contributed by atoms with Crippen LogP contribution in [-0.2, 0) is 6.18 Å². The molecule has 0 bridgehead atoms. The summed E-state index contributed by atoms with van der Waals surface area (Å²) in [4.78, 5) is 17.9. The molecule has 8 heteroatoms. The number of alkyl halides is 3. The van der Waals surface area contributed by atoms with Crippen molar-refractivity contribution in [1.82, 2.24) is 10.3 Å². The lowest BCUT2D eigenvalue weighted by Crippen LogP contribution is -2.37. The van der Waals surface area contributed by atoms with Crippen LogP contribution in [0.1, 0.15) is 22.3 Å². The maximum Gasteiger partial charge on any atom is 0.417 e. The topological polar surface area (TPSA) is 45.2 Å². The molecular formula is C17H15ClF3N3O. The third kappa shape index (κ3) is 4.22. The molecule has 132 valence electrons. The number of hydrogen-bond acceptors (Lipinski definition) is 3. The number of pyridine rings is 1. The number of anilines is 1. The van der Waals surface area contributed by atoms with Crippen molar-refractivity contribution in [3.05, 3.63) is 58.7 Å². The summed E-state index contributed by atoms with van der Waals surface area (Å²) in [6.07, 6.45) is -2.87. The summed E-state index contributed by atoms with van der Waals surface area (Å²) < 4.78 is 37.7. The van der Waals surface area contributed by atoms with E-state index in [1.165, 1.54) is 6.07 Å². The highest BCUT2D eigenvalue weighted by atomic mass is 35.5. The van der Waals surface area contributed by atoms with Gasteiger partial charge in [-0.15, -0.1) is 0 Å². The van der Waals surface area contributed by atoms with Gasteiger partial charge in [0.15, 0.2) is 0 Å². The van der Waals surface area contributed by atoms with Crippen LogP contribution in [0, 0.1) is 0 Å². The minimum Gasteiger partial charge on any atom is -0.354 e. The summed E-state index contributed by atoms with van der Waals surface area (Å²) >= 11 is 5.80. The van der Waals surface area contributed by atoms with E-state index in [-0.39, 0.29) is 11.9 Å². The smallest absolute Gasteiger partial charge is 0.354 e. The van der Waals surface area contributed by atoms with Crippen LogP contribution >= 0.6 is 11.6 Å². The molecule has 4 nitrogen and oxygen atoms in total. The first kappa shape index (κ1) is 17.5. The second kappa shape index (κ2) is 6.92. The molecule has 0 saturated carbocycles. The van der Waals surface area contributed by atoms with Gasteiger partial charge in [-0.3, -0.25) is 4.79 Å². The van der Waals surface area contributed by atoms with Gasteiger partial charge in [-0.1, -0.05) is 11.6 Å². The predicted octanol–water partition coefficient (Wildman–Crippen LogP) is 3.76. The van der Waals surface area contributed by atoms with Crippen molar-refractivity contribution in [3.8, 4) is 0 Å². The fourth-order valence-electron chi connectivity index (χ4n) is 2.70. The molecule has 0 aliphatic carbocycles. The van der Waals surface area contributed by atoms with E-state index in [1.807, 2.05) is 4.90 Å². The SMILES string of the molecule is O=C(NC1CCN(c2ccc(C(F)(F)F)cn2)C1)c1ccc(Cl)cc1. The fraction of sp³-hybridized carbons (Fsp3) is 0.294. The minimum atomic E-state index is -4.40. The van der Waals surface area contributed by atoms with Crippen LogP contribution in [-0.4, -0.2) is 30.0 Å². The Morgan fingerprint density at radius 2 is 1.92 bits per heavy atom. The van der Waals surface area contributed by atoms with Gasteiger partial charge in [0.2, 0.25) is 0 Å². The molecule has 0 spiro atoms. The minimum absolute atomic E-state index is 0.0905. The molecule has 1 aromatic heterocycles. The normalized spacial score (nSPS) is 17.6. The number of aromatic nitrogens is 1. The zero-order valence-electron chi connectivity index (χ0n) is 13.1. The van der Waals surface area contributed by atoms with E-state index in [4.69, 9.17) is 11.6 Å². The van der Waals surface area contributed by atoms with Crippen LogP contribution in [0.4, 0.5) is 19.0 Å². The van der Waals surface area contributed by atoms with Crippen molar-refractivity contribution in [2.45, 2.75) is 18.6 Å². The molecule has 25 heavy (non-hydrogen) atoms. The lowest BCUT2D eigenvalue weighted by Gasteiger charge is -2.18. The third-order valence-corrected chi connectivity index (χ3v) is 4.28. The summed E-state index contributed by atoms with van der Waals surface area (Å²) in [5.74, 6) is 0.264. The number of carbonyl (C=O) groups excluding carboxylic acids is 1. The van der Waals surface area contributed by atoms with Gasteiger partial charge in [0.25, 0.3) is 5.91 Å². The highest BCUT2D eigenvalue weighted by molar-refractivity contribution is 6.30. The molecular weight excluding hydrogens is 355 g/mol. The molecule has 1 aliphatic rings. The summed E-state index contributed by atoms with van der Waals surface area (Å²) in [5, 5.41) is 3.47. The lowest BCUT2D eigenvalue weighted by atomic mass is 10.2. The average molecular weight is 370 g/mol. The van der Waals surface area contributed by atoms with Gasteiger partial charge in [-0.2, -0.15) is 13.2 Å². The molecule has 1 N–H and O–H groups in total. The Kier molecular flexibility index (Phi) is 4.85. The van der Waals surface area contributed by atoms with Crippen LogP contribution in [0.15, 0.2) is 42.6 Å². The first-order valence-corrected chi connectivity index (χ1v) is 8.05. The van der Waals surface area contributed by atoms with Crippen LogP contribution in [0.2, 0.25) is 5.02 Å². The first-order valence-electron chi connectivity index (χ1n) is 7.67. The summed E-state index contributed by atoms with van der Waals surface area (Å²) in [6, 6.07) is 8.84. The van der Waals surface area contributed by atoms with Crippen molar-refractivity contribution < 1.29 is 18.0 Å². The molecule has 0 radical (unpaired) electrons. The zero-order chi connectivity index (χ0) is 18.0. The second-order valence-electron chi connectivity index (χ2n) is 5.81. The Bertz CT molecular complexity index is 747. The Balaban J connectivity index is 1.60. The van der Waals surface area contributed by atoms with Gasteiger partial charge in [0.1, 0.15) is 5.82 Å². The van der Waals surface area contributed by atoms with E-state index < -0.39 is 11.7 Å². The number of rotatable bonds is 3. The van der Waals surface area contributed by atoms with E-state index >= 15 is 0 Å². The Hall–Kier alpha value is -2.28. The van der Waals surface area contributed by atoms with Crippen LogP contribution in [0.5, 0.6) is 0 Å². The standard InChI is InChI=1S/C17H15ClF3N3O/c18-13-4-1-11(2-5-13)16(25)23-14-7-8-24(10-14)15-6-3-12(9-22-15)17(19,20)21/h1-6,9,14H,7-8,10H2,(H,23,25). The van der Waals surface area contributed by atoms with Crippen LogP contribution < -0.4 is 10.2 Å². The highest BCUT2D eigenvalue weighted by Crippen LogP contribution is 2.29. The van der Waals surface area contributed by atoms with E-state index in [2.05, 4.69) is 10.3 Å². The molecule has 1 aromatic carbocycles. The number of halogens is 4. The molecule has 3 rings (SSSR count). The summed E-state index contributed by atoms with van der Waals surface area (Å²) in [7, 11) is 0.